The van der Waals surface area contributed by atoms with E-state index in [4.69, 9.17) is 5.26 Å². The number of carbonyl (C=O) groups is 2. The molecule has 0 saturated heterocycles. The summed E-state index contributed by atoms with van der Waals surface area (Å²) in [4.78, 5) is 24.0. The SMILES string of the molecule is N#Cc1ccc(C(=O)NNC(=O)c2ccc(-n3cnnn3)cc2)cc1. The maximum Gasteiger partial charge on any atom is 0.269 e. The van der Waals surface area contributed by atoms with Crippen molar-refractivity contribution in [3.63, 3.8) is 0 Å². The number of carbonyl (C=O) groups excluding carboxylic acids is 2. The number of benzene rings is 2. The Labute approximate surface area is 141 Å². The number of nitriles is 1. The highest BCUT2D eigenvalue weighted by molar-refractivity contribution is 5.99. The highest BCUT2D eigenvalue weighted by Crippen LogP contribution is 2.07. The number of aromatic nitrogens is 4. The van der Waals surface area contributed by atoms with Gasteiger partial charge in [0, 0.05) is 11.1 Å². The molecule has 0 unspecified atom stereocenters. The highest BCUT2D eigenvalue weighted by Gasteiger charge is 2.09. The van der Waals surface area contributed by atoms with Crippen LogP contribution in [0.5, 0.6) is 0 Å². The van der Waals surface area contributed by atoms with E-state index in [9.17, 15) is 9.59 Å². The Morgan fingerprint density at radius 3 is 1.96 bits per heavy atom. The number of nitrogens with one attached hydrogen (secondary N) is 2. The van der Waals surface area contributed by atoms with Gasteiger partial charge in [-0.3, -0.25) is 20.4 Å². The van der Waals surface area contributed by atoms with Gasteiger partial charge in [0.05, 0.1) is 17.3 Å². The van der Waals surface area contributed by atoms with Gasteiger partial charge >= 0.3 is 0 Å². The zero-order valence-corrected chi connectivity index (χ0v) is 12.7. The summed E-state index contributed by atoms with van der Waals surface area (Å²) < 4.78 is 1.45. The molecule has 1 aromatic heterocycles. The van der Waals surface area contributed by atoms with Crippen LogP contribution in [-0.4, -0.2) is 32.0 Å². The first kappa shape index (κ1) is 15.8. The average Bonchev–Trinajstić information content (AvgIpc) is 3.21. The predicted octanol–water partition coefficient (Wildman–Crippen LogP) is 0.609. The largest absolute Gasteiger partial charge is 0.269 e. The second kappa shape index (κ2) is 7.01. The van der Waals surface area contributed by atoms with Gasteiger partial charge in [-0.25, -0.2) is 4.68 Å². The van der Waals surface area contributed by atoms with E-state index >= 15 is 0 Å². The van der Waals surface area contributed by atoms with Gasteiger partial charge in [-0.1, -0.05) is 0 Å². The van der Waals surface area contributed by atoms with E-state index in [-0.39, 0.29) is 0 Å². The van der Waals surface area contributed by atoms with Gasteiger partial charge in [0.1, 0.15) is 6.33 Å². The maximum absolute atomic E-state index is 12.1. The monoisotopic (exact) mass is 333 g/mol. The standard InChI is InChI=1S/C16H11N7O2/c17-9-11-1-3-12(4-2-11)15(24)19-20-16(25)13-5-7-14(8-6-13)23-10-18-21-22-23/h1-8,10H,(H,19,24)(H,20,25). The van der Waals surface area contributed by atoms with Gasteiger partial charge in [0.2, 0.25) is 0 Å². The van der Waals surface area contributed by atoms with E-state index in [1.807, 2.05) is 6.07 Å². The van der Waals surface area contributed by atoms with Crippen molar-refractivity contribution in [3.05, 3.63) is 71.5 Å². The minimum absolute atomic E-state index is 0.327. The summed E-state index contributed by atoms with van der Waals surface area (Å²) in [6, 6.07) is 14.5. The van der Waals surface area contributed by atoms with E-state index in [1.54, 1.807) is 24.3 Å². The molecule has 3 rings (SSSR count). The molecule has 2 amide bonds. The molecule has 0 atom stereocenters. The number of hydrazine groups is 1. The Morgan fingerprint density at radius 2 is 1.48 bits per heavy atom. The zero-order chi connectivity index (χ0) is 17.6. The number of rotatable bonds is 3. The van der Waals surface area contributed by atoms with Crippen LogP contribution < -0.4 is 10.9 Å². The van der Waals surface area contributed by atoms with E-state index < -0.39 is 11.8 Å². The van der Waals surface area contributed by atoms with Crippen molar-refractivity contribution in [1.82, 2.24) is 31.1 Å². The number of amides is 2. The Balaban J connectivity index is 1.60. The molecular weight excluding hydrogens is 322 g/mol. The average molecular weight is 333 g/mol. The molecule has 9 heteroatoms. The highest BCUT2D eigenvalue weighted by atomic mass is 16.2. The lowest BCUT2D eigenvalue weighted by atomic mass is 10.1. The lowest BCUT2D eigenvalue weighted by Crippen LogP contribution is -2.41. The van der Waals surface area contributed by atoms with Gasteiger partial charge in [-0.15, -0.1) is 5.10 Å². The van der Waals surface area contributed by atoms with Crippen LogP contribution in [0.2, 0.25) is 0 Å². The molecule has 0 aliphatic heterocycles. The maximum atomic E-state index is 12.1. The topological polar surface area (TPSA) is 126 Å². The Kier molecular flexibility index (Phi) is 4.44. The van der Waals surface area contributed by atoms with Gasteiger partial charge in [0.15, 0.2) is 0 Å². The fourth-order valence-electron chi connectivity index (χ4n) is 2.00. The molecule has 0 aliphatic rings. The van der Waals surface area contributed by atoms with Crippen molar-refractivity contribution in [1.29, 1.82) is 5.26 Å². The Morgan fingerprint density at radius 1 is 0.920 bits per heavy atom. The molecule has 0 spiro atoms. The van der Waals surface area contributed by atoms with Gasteiger partial charge in [-0.2, -0.15) is 5.26 Å². The van der Waals surface area contributed by atoms with Crippen LogP contribution in [0.25, 0.3) is 5.69 Å². The molecule has 2 N–H and O–H groups in total. The second-order valence-corrected chi connectivity index (χ2v) is 4.90. The number of hydrogen-bond acceptors (Lipinski definition) is 6. The Bertz CT molecular complexity index is 926. The molecule has 25 heavy (non-hydrogen) atoms. The Hall–Kier alpha value is -4.06. The summed E-state index contributed by atoms with van der Waals surface area (Å²) in [6.45, 7) is 0. The van der Waals surface area contributed by atoms with Crippen molar-refractivity contribution in [2.24, 2.45) is 0 Å². The lowest BCUT2D eigenvalue weighted by molar-refractivity contribution is 0.0846. The molecule has 1 heterocycles. The molecule has 0 saturated carbocycles. The van der Waals surface area contributed by atoms with Crippen LogP contribution in [0.3, 0.4) is 0 Å². The summed E-state index contributed by atoms with van der Waals surface area (Å²) in [7, 11) is 0. The first-order chi connectivity index (χ1) is 12.2. The van der Waals surface area contributed by atoms with Crippen LogP contribution >= 0.6 is 0 Å². The third kappa shape index (κ3) is 3.65. The van der Waals surface area contributed by atoms with Crippen LogP contribution in [0.4, 0.5) is 0 Å². The zero-order valence-electron chi connectivity index (χ0n) is 12.7. The number of nitrogens with zero attached hydrogens (tertiary/aromatic N) is 5. The van der Waals surface area contributed by atoms with E-state index in [0.717, 1.165) is 0 Å². The summed E-state index contributed by atoms with van der Waals surface area (Å²) in [6.07, 6.45) is 1.44. The minimum Gasteiger partial charge on any atom is -0.267 e. The second-order valence-electron chi connectivity index (χ2n) is 4.90. The first-order valence-electron chi connectivity index (χ1n) is 7.11. The van der Waals surface area contributed by atoms with Gasteiger partial charge in [-0.05, 0) is 59.0 Å². The van der Waals surface area contributed by atoms with Crippen LogP contribution in [-0.2, 0) is 0 Å². The van der Waals surface area contributed by atoms with E-state index in [1.165, 1.54) is 35.3 Å². The summed E-state index contributed by atoms with van der Waals surface area (Å²) in [5.74, 6) is -0.951. The number of hydrogen-bond donors (Lipinski definition) is 2. The fraction of sp³-hybridized carbons (Fsp3) is 0. The van der Waals surface area contributed by atoms with Crippen molar-refractivity contribution >= 4 is 11.8 Å². The molecule has 0 bridgehead atoms. The third-order valence-electron chi connectivity index (χ3n) is 3.31. The molecular formula is C16H11N7O2. The smallest absolute Gasteiger partial charge is 0.267 e. The lowest BCUT2D eigenvalue weighted by Gasteiger charge is -2.08. The predicted molar refractivity (Wildman–Crippen MR) is 85.2 cm³/mol. The van der Waals surface area contributed by atoms with Gasteiger partial charge < -0.3 is 0 Å². The molecule has 0 aliphatic carbocycles. The molecule has 3 aromatic rings. The first-order valence-corrected chi connectivity index (χ1v) is 7.11. The summed E-state index contributed by atoms with van der Waals surface area (Å²) in [5.41, 5.74) is 6.48. The van der Waals surface area contributed by atoms with Crippen molar-refractivity contribution in [2.45, 2.75) is 0 Å². The molecule has 2 aromatic carbocycles. The van der Waals surface area contributed by atoms with Crippen molar-refractivity contribution in [2.75, 3.05) is 0 Å². The van der Waals surface area contributed by atoms with Crippen LogP contribution in [0, 0.1) is 11.3 Å². The van der Waals surface area contributed by atoms with Crippen LogP contribution in [0.15, 0.2) is 54.9 Å². The van der Waals surface area contributed by atoms with Crippen LogP contribution in [0.1, 0.15) is 26.3 Å². The van der Waals surface area contributed by atoms with Crippen molar-refractivity contribution < 1.29 is 9.59 Å². The minimum atomic E-state index is -0.483. The third-order valence-corrected chi connectivity index (χ3v) is 3.31. The summed E-state index contributed by atoms with van der Waals surface area (Å²) >= 11 is 0. The van der Waals surface area contributed by atoms with Gasteiger partial charge in [0.25, 0.3) is 11.8 Å². The quantitative estimate of drug-likeness (QED) is 0.676. The normalized spacial score (nSPS) is 9.88. The summed E-state index contributed by atoms with van der Waals surface area (Å²) in [5, 5.41) is 19.5. The fourth-order valence-corrected chi connectivity index (χ4v) is 2.00. The van der Waals surface area contributed by atoms with E-state index in [0.29, 0.717) is 22.4 Å². The molecule has 9 nitrogen and oxygen atoms in total. The molecule has 0 fully saturated rings. The van der Waals surface area contributed by atoms with E-state index in [2.05, 4.69) is 26.4 Å². The molecule has 122 valence electrons. The number of tetrazole rings is 1. The van der Waals surface area contributed by atoms with Crippen molar-refractivity contribution in [3.8, 4) is 11.8 Å². The molecule has 0 radical (unpaired) electrons.